The van der Waals surface area contributed by atoms with Crippen molar-refractivity contribution in [1.29, 1.82) is 0 Å². The summed E-state index contributed by atoms with van der Waals surface area (Å²) < 4.78 is 0. The Balaban J connectivity index is 2.02. The number of aryl methyl sites for hydroxylation is 1. The zero-order valence-electron chi connectivity index (χ0n) is 10.6. The lowest BCUT2D eigenvalue weighted by atomic mass is 10.2. The lowest BCUT2D eigenvalue weighted by Crippen LogP contribution is -2.20. The molecule has 98 valence electrons. The fourth-order valence-electron chi connectivity index (χ4n) is 1.72. The largest absolute Gasteiger partial charge is 0.481 e. The maximum absolute atomic E-state index is 10.6. The van der Waals surface area contributed by atoms with E-state index in [4.69, 9.17) is 5.11 Å². The van der Waals surface area contributed by atoms with Gasteiger partial charge in [-0.1, -0.05) is 0 Å². The van der Waals surface area contributed by atoms with Crippen LogP contribution in [0, 0.1) is 6.92 Å². The number of nitrogens with one attached hydrogen (secondary N) is 2. The second kappa shape index (κ2) is 5.20. The zero-order valence-corrected chi connectivity index (χ0v) is 10.6. The van der Waals surface area contributed by atoms with Crippen molar-refractivity contribution in [3.8, 4) is 0 Å². The van der Waals surface area contributed by atoms with Crippen LogP contribution in [0.3, 0.4) is 0 Å². The topological polar surface area (TPSA) is 87.1 Å². The number of nitrogens with zero attached hydrogens (tertiary/aromatic N) is 2. The van der Waals surface area contributed by atoms with Gasteiger partial charge in [0.05, 0.1) is 6.42 Å². The molecule has 0 radical (unpaired) electrons. The zero-order chi connectivity index (χ0) is 13.1. The third kappa shape index (κ3) is 3.87. The number of aromatic nitrogens is 2. The Labute approximate surface area is 106 Å². The molecule has 0 aromatic carbocycles. The summed E-state index contributed by atoms with van der Waals surface area (Å²) in [5, 5.41) is 15.1. The third-order valence-electron chi connectivity index (χ3n) is 2.64. The predicted octanol–water partition coefficient (Wildman–Crippen LogP) is 1.63. The number of hydrogen-bond acceptors (Lipinski definition) is 5. The molecular weight excluding hydrogens is 232 g/mol. The number of rotatable bonds is 6. The summed E-state index contributed by atoms with van der Waals surface area (Å²) in [6.07, 6.45) is 2.43. The van der Waals surface area contributed by atoms with E-state index in [0.717, 1.165) is 5.82 Å². The number of carbonyl (C=O) groups is 1. The molecule has 0 spiro atoms. The molecular formula is C12H18N4O2. The normalized spacial score (nSPS) is 16.1. The minimum Gasteiger partial charge on any atom is -0.481 e. The molecule has 2 rings (SSSR count). The minimum atomic E-state index is -0.822. The van der Waals surface area contributed by atoms with Crippen molar-refractivity contribution in [2.24, 2.45) is 0 Å². The molecule has 1 aliphatic rings. The fourth-order valence-corrected chi connectivity index (χ4v) is 1.72. The van der Waals surface area contributed by atoms with Gasteiger partial charge in [-0.25, -0.2) is 9.97 Å². The third-order valence-corrected chi connectivity index (χ3v) is 2.64. The van der Waals surface area contributed by atoms with Crippen molar-refractivity contribution in [2.75, 3.05) is 10.6 Å². The molecule has 1 heterocycles. The molecule has 18 heavy (non-hydrogen) atoms. The van der Waals surface area contributed by atoms with Gasteiger partial charge in [0, 0.05) is 18.2 Å². The van der Waals surface area contributed by atoms with Crippen LogP contribution in [0.1, 0.15) is 32.0 Å². The van der Waals surface area contributed by atoms with E-state index in [1.54, 1.807) is 0 Å². The SMILES string of the molecule is Cc1nc(NC(C)CC(=O)O)cc(NC2CC2)n1. The van der Waals surface area contributed by atoms with Crippen molar-refractivity contribution >= 4 is 17.6 Å². The van der Waals surface area contributed by atoms with Gasteiger partial charge in [0.2, 0.25) is 0 Å². The molecule has 1 aromatic heterocycles. The Morgan fingerprint density at radius 1 is 1.50 bits per heavy atom. The van der Waals surface area contributed by atoms with E-state index in [1.807, 2.05) is 19.9 Å². The minimum absolute atomic E-state index is 0.0639. The lowest BCUT2D eigenvalue weighted by molar-refractivity contribution is -0.137. The standard InChI is InChI=1S/C12H18N4O2/c1-7(5-12(17)18)13-10-6-11(15-8(2)14-10)16-9-3-4-9/h6-7,9H,3-5H2,1-2H3,(H,17,18)(H2,13,14,15,16). The average Bonchev–Trinajstić information content (AvgIpc) is 2.98. The average molecular weight is 250 g/mol. The number of aliphatic carboxylic acids is 1. The van der Waals surface area contributed by atoms with Gasteiger partial charge in [0.15, 0.2) is 0 Å². The van der Waals surface area contributed by atoms with E-state index in [0.29, 0.717) is 17.7 Å². The highest BCUT2D eigenvalue weighted by atomic mass is 16.4. The Kier molecular flexibility index (Phi) is 3.64. The van der Waals surface area contributed by atoms with E-state index in [1.165, 1.54) is 12.8 Å². The van der Waals surface area contributed by atoms with Gasteiger partial charge in [-0.15, -0.1) is 0 Å². The highest BCUT2D eigenvalue weighted by molar-refractivity contribution is 5.68. The van der Waals surface area contributed by atoms with Crippen molar-refractivity contribution in [1.82, 2.24) is 9.97 Å². The summed E-state index contributed by atoms with van der Waals surface area (Å²) in [6, 6.07) is 2.19. The molecule has 1 atom stereocenters. The maximum Gasteiger partial charge on any atom is 0.305 e. The number of anilines is 2. The lowest BCUT2D eigenvalue weighted by Gasteiger charge is -2.14. The van der Waals surface area contributed by atoms with Crippen molar-refractivity contribution in [3.05, 3.63) is 11.9 Å². The van der Waals surface area contributed by atoms with Crippen LogP contribution in [0.5, 0.6) is 0 Å². The molecule has 0 aliphatic heterocycles. The molecule has 1 aliphatic carbocycles. The fraction of sp³-hybridized carbons (Fsp3) is 0.583. The predicted molar refractivity (Wildman–Crippen MR) is 68.8 cm³/mol. The number of carboxylic acid groups (broad SMARTS) is 1. The Hall–Kier alpha value is -1.85. The molecule has 6 heteroatoms. The summed E-state index contributed by atoms with van der Waals surface area (Å²) in [7, 11) is 0. The van der Waals surface area contributed by atoms with E-state index in [-0.39, 0.29) is 12.5 Å². The maximum atomic E-state index is 10.6. The van der Waals surface area contributed by atoms with E-state index in [9.17, 15) is 4.79 Å². The van der Waals surface area contributed by atoms with E-state index < -0.39 is 5.97 Å². The van der Waals surface area contributed by atoms with Gasteiger partial charge in [-0.2, -0.15) is 0 Å². The smallest absolute Gasteiger partial charge is 0.305 e. The van der Waals surface area contributed by atoms with Crippen molar-refractivity contribution in [3.63, 3.8) is 0 Å². The molecule has 0 bridgehead atoms. The van der Waals surface area contributed by atoms with Crippen LogP contribution >= 0.6 is 0 Å². The van der Waals surface area contributed by atoms with Gasteiger partial charge < -0.3 is 15.7 Å². The van der Waals surface area contributed by atoms with E-state index >= 15 is 0 Å². The van der Waals surface area contributed by atoms with Crippen molar-refractivity contribution in [2.45, 2.75) is 45.2 Å². The summed E-state index contributed by atoms with van der Waals surface area (Å²) in [6.45, 7) is 3.64. The van der Waals surface area contributed by atoms with Crippen LogP contribution in [-0.2, 0) is 4.79 Å². The van der Waals surface area contributed by atoms with Crippen LogP contribution in [0.15, 0.2) is 6.07 Å². The number of carboxylic acids is 1. The van der Waals surface area contributed by atoms with Crippen LogP contribution in [0.2, 0.25) is 0 Å². The first kappa shape index (κ1) is 12.6. The second-order valence-electron chi connectivity index (χ2n) is 4.75. The Bertz CT molecular complexity index is 446. The van der Waals surface area contributed by atoms with Crippen LogP contribution in [-0.4, -0.2) is 33.1 Å². The van der Waals surface area contributed by atoms with Crippen LogP contribution < -0.4 is 10.6 Å². The quantitative estimate of drug-likeness (QED) is 0.711. The van der Waals surface area contributed by atoms with Crippen LogP contribution in [0.25, 0.3) is 0 Å². The van der Waals surface area contributed by atoms with Gasteiger partial charge in [0.25, 0.3) is 0 Å². The van der Waals surface area contributed by atoms with Crippen LogP contribution in [0.4, 0.5) is 11.6 Å². The highest BCUT2D eigenvalue weighted by Crippen LogP contribution is 2.24. The molecule has 0 saturated heterocycles. The summed E-state index contributed by atoms with van der Waals surface area (Å²) in [4.78, 5) is 19.2. The highest BCUT2D eigenvalue weighted by Gasteiger charge is 2.21. The van der Waals surface area contributed by atoms with Gasteiger partial charge in [0.1, 0.15) is 17.5 Å². The molecule has 0 amide bonds. The molecule has 1 fully saturated rings. The first-order chi connectivity index (χ1) is 8.52. The molecule has 1 unspecified atom stereocenters. The molecule has 3 N–H and O–H groups in total. The summed E-state index contributed by atoms with van der Waals surface area (Å²) in [5.41, 5.74) is 0. The Morgan fingerprint density at radius 3 is 2.78 bits per heavy atom. The van der Waals surface area contributed by atoms with Crippen molar-refractivity contribution < 1.29 is 9.90 Å². The number of hydrogen-bond donors (Lipinski definition) is 3. The van der Waals surface area contributed by atoms with Gasteiger partial charge in [-0.3, -0.25) is 4.79 Å². The second-order valence-corrected chi connectivity index (χ2v) is 4.75. The Morgan fingerprint density at radius 2 is 2.17 bits per heavy atom. The molecule has 1 aromatic rings. The first-order valence-corrected chi connectivity index (χ1v) is 6.13. The molecule has 1 saturated carbocycles. The monoisotopic (exact) mass is 250 g/mol. The van der Waals surface area contributed by atoms with Gasteiger partial charge in [-0.05, 0) is 26.7 Å². The van der Waals surface area contributed by atoms with E-state index in [2.05, 4.69) is 20.6 Å². The first-order valence-electron chi connectivity index (χ1n) is 6.13. The van der Waals surface area contributed by atoms with Gasteiger partial charge >= 0.3 is 5.97 Å². The molecule has 6 nitrogen and oxygen atoms in total. The summed E-state index contributed by atoms with van der Waals surface area (Å²) in [5.74, 6) is 1.32. The summed E-state index contributed by atoms with van der Waals surface area (Å²) >= 11 is 0.